The van der Waals surface area contributed by atoms with Crippen LogP contribution in [0.3, 0.4) is 0 Å². The van der Waals surface area contributed by atoms with E-state index >= 15 is 0 Å². The normalized spacial score (nSPS) is 10.5. The summed E-state index contributed by atoms with van der Waals surface area (Å²) in [6.45, 7) is 0. The van der Waals surface area contributed by atoms with Crippen molar-refractivity contribution in [1.29, 1.82) is 0 Å². The monoisotopic (exact) mass is 242 g/mol. The van der Waals surface area contributed by atoms with Gasteiger partial charge >= 0.3 is 11.9 Å². The summed E-state index contributed by atoms with van der Waals surface area (Å²) in [5, 5.41) is 8.52. The van der Waals surface area contributed by atoms with Crippen molar-refractivity contribution in [2.24, 2.45) is 0 Å². The van der Waals surface area contributed by atoms with Crippen molar-refractivity contribution in [1.82, 2.24) is 0 Å². The summed E-state index contributed by atoms with van der Waals surface area (Å²) in [4.78, 5) is 21.2. The molecule has 0 fully saturated rings. The lowest BCUT2D eigenvalue weighted by Gasteiger charge is -2.01. The van der Waals surface area contributed by atoms with Crippen LogP contribution in [0.5, 0.6) is 0 Å². The van der Waals surface area contributed by atoms with Gasteiger partial charge in [0, 0.05) is 6.08 Å². The zero-order valence-corrected chi connectivity index (χ0v) is 8.74. The molecule has 4 nitrogen and oxygen atoms in total. The molecule has 0 atom stereocenters. The molecule has 1 rings (SSSR count). The molecule has 0 unspecified atom stereocenters. The average Bonchev–Trinajstić information content (AvgIpc) is 2.24. The van der Waals surface area contributed by atoms with Gasteiger partial charge < -0.3 is 9.84 Å². The molecule has 1 aromatic carbocycles. The second-order valence-corrected chi connectivity index (χ2v) is 3.02. The van der Waals surface area contributed by atoms with Crippen molar-refractivity contribution in [2.75, 3.05) is 7.11 Å². The number of hydrogen-bond donors (Lipinski definition) is 1. The van der Waals surface area contributed by atoms with E-state index in [2.05, 4.69) is 4.74 Å². The molecule has 0 aromatic heterocycles. The molecule has 1 aromatic rings. The molecule has 0 saturated carbocycles. The molecule has 90 valence electrons. The molecule has 0 aliphatic carbocycles. The van der Waals surface area contributed by atoms with E-state index < -0.39 is 29.1 Å². The van der Waals surface area contributed by atoms with E-state index in [0.29, 0.717) is 0 Å². The molecule has 0 aliphatic rings. The molecule has 0 saturated heterocycles. The highest BCUT2D eigenvalue weighted by Crippen LogP contribution is 2.16. The van der Waals surface area contributed by atoms with Gasteiger partial charge in [-0.05, 0) is 23.8 Å². The highest BCUT2D eigenvalue weighted by atomic mass is 19.1. The van der Waals surface area contributed by atoms with Gasteiger partial charge in [-0.3, -0.25) is 0 Å². The van der Waals surface area contributed by atoms with Crippen molar-refractivity contribution in [3.63, 3.8) is 0 Å². The fraction of sp³-hybridized carbons (Fsp3) is 0.0909. The standard InChI is InChI=1S/C11H8F2O4/c1-17-9(14)3-2-6-4-7(12)10(11(15)16)8(13)5-6/h2-5H,1H3,(H,15,16)/b3-2+. The predicted molar refractivity (Wildman–Crippen MR) is 54.4 cm³/mol. The number of carbonyl (C=O) groups excluding carboxylic acids is 1. The second-order valence-electron chi connectivity index (χ2n) is 3.02. The molecule has 0 bridgehead atoms. The quantitative estimate of drug-likeness (QED) is 0.649. The van der Waals surface area contributed by atoms with Crippen LogP contribution >= 0.6 is 0 Å². The van der Waals surface area contributed by atoms with Crippen molar-refractivity contribution < 1.29 is 28.2 Å². The Kier molecular flexibility index (Phi) is 3.92. The van der Waals surface area contributed by atoms with Crippen LogP contribution in [-0.2, 0) is 9.53 Å². The Morgan fingerprint density at radius 3 is 2.24 bits per heavy atom. The van der Waals surface area contributed by atoms with Gasteiger partial charge in [-0.1, -0.05) is 0 Å². The topological polar surface area (TPSA) is 63.6 Å². The third kappa shape index (κ3) is 3.10. The minimum atomic E-state index is -1.69. The molecule has 1 N–H and O–H groups in total. The number of rotatable bonds is 3. The molecule has 6 heteroatoms. The van der Waals surface area contributed by atoms with Crippen LogP contribution in [0.25, 0.3) is 6.08 Å². The van der Waals surface area contributed by atoms with Gasteiger partial charge in [0.2, 0.25) is 0 Å². The highest BCUT2D eigenvalue weighted by molar-refractivity contribution is 5.89. The number of halogens is 2. The number of methoxy groups -OCH3 is 1. The lowest BCUT2D eigenvalue weighted by atomic mass is 10.1. The maximum atomic E-state index is 13.2. The van der Waals surface area contributed by atoms with E-state index in [1.807, 2.05) is 0 Å². The third-order valence-electron chi connectivity index (χ3n) is 1.89. The second kappa shape index (κ2) is 5.20. The summed E-state index contributed by atoms with van der Waals surface area (Å²) in [7, 11) is 1.15. The smallest absolute Gasteiger partial charge is 0.341 e. The van der Waals surface area contributed by atoms with Crippen LogP contribution in [0, 0.1) is 11.6 Å². The van der Waals surface area contributed by atoms with Gasteiger partial charge in [0.05, 0.1) is 7.11 Å². The van der Waals surface area contributed by atoms with Crippen LogP contribution < -0.4 is 0 Å². The minimum Gasteiger partial charge on any atom is -0.477 e. The zero-order valence-electron chi connectivity index (χ0n) is 8.74. The van der Waals surface area contributed by atoms with Gasteiger partial charge in [0.25, 0.3) is 0 Å². The summed E-state index contributed by atoms with van der Waals surface area (Å²) < 4.78 is 30.7. The maximum Gasteiger partial charge on any atom is 0.341 e. The Morgan fingerprint density at radius 1 is 1.29 bits per heavy atom. The van der Waals surface area contributed by atoms with Gasteiger partial charge in [-0.2, -0.15) is 0 Å². The minimum absolute atomic E-state index is 0.0235. The fourth-order valence-electron chi connectivity index (χ4n) is 1.13. The van der Waals surface area contributed by atoms with E-state index in [1.165, 1.54) is 0 Å². The van der Waals surface area contributed by atoms with E-state index in [4.69, 9.17) is 5.11 Å². The van der Waals surface area contributed by atoms with Crippen molar-refractivity contribution in [3.8, 4) is 0 Å². The largest absolute Gasteiger partial charge is 0.477 e. The first-order valence-electron chi connectivity index (χ1n) is 4.44. The number of ether oxygens (including phenoxy) is 1. The van der Waals surface area contributed by atoms with Crippen LogP contribution in [0.1, 0.15) is 15.9 Å². The van der Waals surface area contributed by atoms with Crippen LogP contribution in [0.4, 0.5) is 8.78 Å². The number of benzene rings is 1. The number of esters is 1. The molecule has 17 heavy (non-hydrogen) atoms. The van der Waals surface area contributed by atoms with Crippen LogP contribution in [0.15, 0.2) is 18.2 Å². The third-order valence-corrected chi connectivity index (χ3v) is 1.89. The van der Waals surface area contributed by atoms with Gasteiger partial charge in [-0.25, -0.2) is 18.4 Å². The van der Waals surface area contributed by atoms with Crippen LogP contribution in [0.2, 0.25) is 0 Å². The Bertz CT molecular complexity index is 471. The van der Waals surface area contributed by atoms with Crippen molar-refractivity contribution in [2.45, 2.75) is 0 Å². The fourth-order valence-corrected chi connectivity index (χ4v) is 1.13. The molecule has 0 amide bonds. The first-order chi connectivity index (χ1) is 7.95. The highest BCUT2D eigenvalue weighted by Gasteiger charge is 2.16. The summed E-state index contributed by atoms with van der Waals surface area (Å²) in [6, 6.07) is 1.62. The number of hydrogen-bond acceptors (Lipinski definition) is 3. The van der Waals surface area contributed by atoms with Gasteiger partial charge in [0.15, 0.2) is 0 Å². The molecule has 0 radical (unpaired) electrons. The molecule has 0 heterocycles. The predicted octanol–water partition coefficient (Wildman–Crippen LogP) is 1.85. The summed E-state index contributed by atoms with van der Waals surface area (Å²) in [5.41, 5.74) is -1.00. The Balaban J connectivity index is 3.11. The number of aromatic carboxylic acids is 1. The number of carboxylic acids is 1. The van der Waals surface area contributed by atoms with Crippen molar-refractivity contribution in [3.05, 3.63) is 41.0 Å². The van der Waals surface area contributed by atoms with Gasteiger partial charge in [-0.15, -0.1) is 0 Å². The maximum absolute atomic E-state index is 13.2. The van der Waals surface area contributed by atoms with Crippen LogP contribution in [-0.4, -0.2) is 24.2 Å². The molecule has 0 aliphatic heterocycles. The molecular weight excluding hydrogens is 234 g/mol. The zero-order chi connectivity index (χ0) is 13.0. The summed E-state index contributed by atoms with van der Waals surface area (Å²) in [6.07, 6.45) is 2.08. The Morgan fingerprint density at radius 2 is 1.82 bits per heavy atom. The molecular formula is C11H8F2O4. The van der Waals surface area contributed by atoms with E-state index in [1.54, 1.807) is 0 Å². The number of carboxylic acid groups (broad SMARTS) is 1. The van der Waals surface area contributed by atoms with Gasteiger partial charge in [0.1, 0.15) is 17.2 Å². The number of carbonyl (C=O) groups is 2. The Hall–Kier alpha value is -2.24. The van der Waals surface area contributed by atoms with E-state index in [0.717, 1.165) is 31.4 Å². The first-order valence-corrected chi connectivity index (χ1v) is 4.44. The average molecular weight is 242 g/mol. The molecule has 0 spiro atoms. The summed E-state index contributed by atoms with van der Waals surface area (Å²) in [5.74, 6) is -4.79. The SMILES string of the molecule is COC(=O)/C=C/c1cc(F)c(C(=O)O)c(F)c1. The Labute approximate surface area is 95.1 Å². The van der Waals surface area contributed by atoms with E-state index in [9.17, 15) is 18.4 Å². The first kappa shape index (κ1) is 12.8. The lowest BCUT2D eigenvalue weighted by molar-refractivity contribution is -0.134. The summed E-state index contributed by atoms with van der Waals surface area (Å²) >= 11 is 0. The van der Waals surface area contributed by atoms with Crippen molar-refractivity contribution >= 4 is 18.0 Å². The lowest BCUT2D eigenvalue weighted by Crippen LogP contribution is -2.05. The van der Waals surface area contributed by atoms with E-state index in [-0.39, 0.29) is 5.56 Å².